The maximum absolute atomic E-state index is 13.3. The summed E-state index contributed by atoms with van der Waals surface area (Å²) in [6, 6.07) is 13.1. The van der Waals surface area contributed by atoms with Crippen LogP contribution < -0.4 is 10.9 Å². The monoisotopic (exact) mass is 337 g/mol. The Balaban J connectivity index is 2.05. The maximum Gasteiger partial charge on any atom is 0.303 e. The summed E-state index contributed by atoms with van der Waals surface area (Å²) < 4.78 is 20.4. The number of anilines is 1. The fourth-order valence-corrected chi connectivity index (χ4v) is 2.83. The fourth-order valence-electron chi connectivity index (χ4n) is 2.83. The molecule has 4 rings (SSSR count). The predicted molar refractivity (Wildman–Crippen MR) is 95.9 cm³/mol. The third-order valence-electron chi connectivity index (χ3n) is 4.01. The molecule has 0 saturated carbocycles. The van der Waals surface area contributed by atoms with Crippen LogP contribution in [0.4, 0.5) is 10.3 Å². The lowest BCUT2D eigenvalue weighted by Gasteiger charge is -2.13. The summed E-state index contributed by atoms with van der Waals surface area (Å²) in [6.45, 7) is 2.69. The van der Waals surface area contributed by atoms with Crippen LogP contribution in [-0.2, 0) is 0 Å². The van der Waals surface area contributed by atoms with Crippen molar-refractivity contribution in [2.75, 3.05) is 11.9 Å². The lowest BCUT2D eigenvalue weighted by atomic mass is 10.2. The highest BCUT2D eigenvalue weighted by atomic mass is 19.1. The van der Waals surface area contributed by atoms with Crippen molar-refractivity contribution >= 4 is 28.0 Å². The number of aromatic nitrogens is 2. The molecule has 0 radical (unpaired) electrons. The second-order valence-electron chi connectivity index (χ2n) is 5.76. The van der Waals surface area contributed by atoms with E-state index in [0.29, 0.717) is 29.3 Å². The fraction of sp³-hybridized carbons (Fsp3) is 0.158. The molecule has 2 aromatic carbocycles. The van der Waals surface area contributed by atoms with Gasteiger partial charge in [0.1, 0.15) is 16.9 Å². The van der Waals surface area contributed by atoms with Crippen molar-refractivity contribution in [2.24, 2.45) is 0 Å². The van der Waals surface area contributed by atoms with E-state index in [1.807, 2.05) is 25.1 Å². The zero-order valence-electron chi connectivity index (χ0n) is 13.6. The van der Waals surface area contributed by atoms with Crippen molar-refractivity contribution in [3.05, 3.63) is 64.7 Å². The Morgan fingerprint density at radius 3 is 2.68 bits per heavy atom. The number of para-hydroxylation sites is 1. The first-order valence-corrected chi connectivity index (χ1v) is 8.13. The summed E-state index contributed by atoms with van der Waals surface area (Å²) in [4.78, 5) is 17.7. The first-order valence-electron chi connectivity index (χ1n) is 8.13. The SMILES string of the molecule is CCCNc1nc2c(oc3ccccc32)c(=O)n1-c1ccc(F)cc1. The molecular formula is C19H16FN3O2. The van der Waals surface area contributed by atoms with Crippen LogP contribution in [0.3, 0.4) is 0 Å². The quantitative estimate of drug-likeness (QED) is 0.609. The van der Waals surface area contributed by atoms with Crippen LogP contribution in [0.2, 0.25) is 0 Å². The van der Waals surface area contributed by atoms with E-state index in [-0.39, 0.29) is 17.0 Å². The molecule has 0 spiro atoms. The number of nitrogens with one attached hydrogen (secondary N) is 1. The molecule has 0 fully saturated rings. The largest absolute Gasteiger partial charge is 0.448 e. The molecule has 2 heterocycles. The molecule has 4 aromatic rings. The molecule has 5 nitrogen and oxygen atoms in total. The van der Waals surface area contributed by atoms with Crippen molar-refractivity contribution in [1.29, 1.82) is 0 Å². The van der Waals surface area contributed by atoms with Gasteiger partial charge in [0.15, 0.2) is 0 Å². The van der Waals surface area contributed by atoms with E-state index in [2.05, 4.69) is 10.3 Å². The molecule has 126 valence electrons. The number of hydrogen-bond donors (Lipinski definition) is 1. The van der Waals surface area contributed by atoms with Crippen molar-refractivity contribution in [1.82, 2.24) is 9.55 Å². The molecule has 0 unspecified atom stereocenters. The first kappa shape index (κ1) is 15.4. The molecule has 0 aliphatic carbocycles. The zero-order valence-corrected chi connectivity index (χ0v) is 13.6. The van der Waals surface area contributed by atoms with E-state index in [1.54, 1.807) is 18.2 Å². The Hall–Kier alpha value is -3.15. The van der Waals surface area contributed by atoms with Gasteiger partial charge in [-0.1, -0.05) is 19.1 Å². The van der Waals surface area contributed by atoms with Gasteiger partial charge in [0, 0.05) is 11.9 Å². The third-order valence-corrected chi connectivity index (χ3v) is 4.01. The van der Waals surface area contributed by atoms with Gasteiger partial charge in [0.05, 0.1) is 5.69 Å². The highest BCUT2D eigenvalue weighted by Crippen LogP contribution is 2.26. The molecule has 2 aromatic heterocycles. The Kier molecular flexibility index (Phi) is 3.72. The minimum atomic E-state index is -0.363. The number of fused-ring (bicyclic) bond motifs is 3. The van der Waals surface area contributed by atoms with E-state index in [4.69, 9.17) is 4.42 Å². The number of rotatable bonds is 4. The Bertz CT molecular complexity index is 1110. The summed E-state index contributed by atoms with van der Waals surface area (Å²) in [7, 11) is 0. The van der Waals surface area contributed by atoms with Gasteiger partial charge in [-0.05, 0) is 42.8 Å². The molecular weight excluding hydrogens is 321 g/mol. The van der Waals surface area contributed by atoms with Crippen LogP contribution in [0, 0.1) is 5.82 Å². The second kappa shape index (κ2) is 6.05. The van der Waals surface area contributed by atoms with Gasteiger partial charge in [0.25, 0.3) is 0 Å². The third kappa shape index (κ3) is 2.55. The van der Waals surface area contributed by atoms with Gasteiger partial charge in [-0.3, -0.25) is 4.79 Å². The van der Waals surface area contributed by atoms with Gasteiger partial charge < -0.3 is 9.73 Å². The highest BCUT2D eigenvalue weighted by molar-refractivity contribution is 6.02. The van der Waals surface area contributed by atoms with Crippen LogP contribution >= 0.6 is 0 Å². The van der Waals surface area contributed by atoms with Crippen LogP contribution in [-0.4, -0.2) is 16.1 Å². The van der Waals surface area contributed by atoms with Crippen molar-refractivity contribution in [3.8, 4) is 5.69 Å². The van der Waals surface area contributed by atoms with Crippen LogP contribution in [0.5, 0.6) is 0 Å². The van der Waals surface area contributed by atoms with Crippen molar-refractivity contribution in [3.63, 3.8) is 0 Å². The number of halogens is 1. The minimum absolute atomic E-state index is 0.188. The molecule has 0 aliphatic rings. The molecule has 0 aliphatic heterocycles. The summed E-state index contributed by atoms with van der Waals surface area (Å²) in [5.74, 6) is 0.0511. The molecule has 1 N–H and O–H groups in total. The van der Waals surface area contributed by atoms with Crippen LogP contribution in [0.15, 0.2) is 57.7 Å². The Morgan fingerprint density at radius 2 is 1.92 bits per heavy atom. The predicted octanol–water partition coefficient (Wildman–Crippen LogP) is 4.09. The number of benzene rings is 2. The molecule has 6 heteroatoms. The lowest BCUT2D eigenvalue weighted by Crippen LogP contribution is -2.23. The Labute approximate surface area is 142 Å². The smallest absolute Gasteiger partial charge is 0.303 e. The average molecular weight is 337 g/mol. The van der Waals surface area contributed by atoms with Gasteiger partial charge in [-0.15, -0.1) is 0 Å². The maximum atomic E-state index is 13.3. The zero-order chi connectivity index (χ0) is 17.4. The molecule has 0 amide bonds. The number of hydrogen-bond acceptors (Lipinski definition) is 4. The van der Waals surface area contributed by atoms with Gasteiger partial charge in [-0.2, -0.15) is 0 Å². The second-order valence-corrected chi connectivity index (χ2v) is 5.76. The van der Waals surface area contributed by atoms with Crippen LogP contribution in [0.25, 0.3) is 27.8 Å². The lowest BCUT2D eigenvalue weighted by molar-refractivity contribution is 0.627. The van der Waals surface area contributed by atoms with Gasteiger partial charge in [0.2, 0.25) is 11.5 Å². The standard InChI is InChI=1S/C19H16FN3O2/c1-2-11-21-19-22-16-14-5-3-4-6-15(14)25-17(16)18(24)23(19)13-9-7-12(20)8-10-13/h3-10H,2,11H2,1H3,(H,21,22). The molecule has 25 heavy (non-hydrogen) atoms. The van der Waals surface area contributed by atoms with E-state index < -0.39 is 0 Å². The normalized spacial score (nSPS) is 11.3. The van der Waals surface area contributed by atoms with E-state index in [1.165, 1.54) is 16.7 Å². The molecule has 0 saturated heterocycles. The summed E-state index contributed by atoms with van der Waals surface area (Å²) in [5.41, 5.74) is 1.52. The highest BCUT2D eigenvalue weighted by Gasteiger charge is 2.18. The average Bonchev–Trinajstić information content (AvgIpc) is 3.00. The first-order chi connectivity index (χ1) is 12.2. The van der Waals surface area contributed by atoms with E-state index in [0.717, 1.165) is 11.8 Å². The van der Waals surface area contributed by atoms with Crippen molar-refractivity contribution < 1.29 is 8.81 Å². The van der Waals surface area contributed by atoms with Gasteiger partial charge >= 0.3 is 5.56 Å². The molecule has 0 atom stereocenters. The number of furan rings is 1. The van der Waals surface area contributed by atoms with E-state index in [9.17, 15) is 9.18 Å². The van der Waals surface area contributed by atoms with Gasteiger partial charge in [-0.25, -0.2) is 13.9 Å². The summed E-state index contributed by atoms with van der Waals surface area (Å²) in [6.07, 6.45) is 0.878. The van der Waals surface area contributed by atoms with Crippen molar-refractivity contribution in [2.45, 2.75) is 13.3 Å². The topological polar surface area (TPSA) is 60.1 Å². The molecule has 0 bridgehead atoms. The van der Waals surface area contributed by atoms with E-state index >= 15 is 0 Å². The summed E-state index contributed by atoms with van der Waals surface area (Å²) in [5, 5.41) is 3.97. The van der Waals surface area contributed by atoms with Crippen LogP contribution in [0.1, 0.15) is 13.3 Å². The minimum Gasteiger partial charge on any atom is -0.448 e. The summed E-state index contributed by atoms with van der Waals surface area (Å²) >= 11 is 0. The Morgan fingerprint density at radius 1 is 1.16 bits per heavy atom. The number of nitrogens with zero attached hydrogens (tertiary/aromatic N) is 2.